The third-order valence-electron chi connectivity index (χ3n) is 2.42. The lowest BCUT2D eigenvalue weighted by molar-refractivity contribution is 0.477. The van der Waals surface area contributed by atoms with E-state index in [4.69, 9.17) is 22.3 Å². The Morgan fingerprint density at radius 3 is 2.22 bits per heavy atom. The predicted molar refractivity (Wildman–Crippen MR) is 71.6 cm³/mol. The molecule has 0 aromatic heterocycles. The topological polar surface area (TPSA) is 54.4 Å². The van der Waals surface area contributed by atoms with Crippen LogP contribution in [0.5, 0.6) is 5.75 Å². The zero-order valence-corrected chi connectivity index (χ0v) is 11.3. The summed E-state index contributed by atoms with van der Waals surface area (Å²) in [6, 6.07) is 10.7. The Morgan fingerprint density at radius 2 is 1.67 bits per heavy atom. The number of benzene rings is 2. The van der Waals surface area contributed by atoms with Crippen LogP contribution in [0.1, 0.15) is 0 Å². The molecule has 6 heteroatoms. The van der Waals surface area contributed by atoms with Crippen LogP contribution in [0.4, 0.5) is 0 Å². The van der Waals surface area contributed by atoms with Crippen molar-refractivity contribution in [3.8, 4) is 16.9 Å². The Hall–Kier alpha value is -1.23. The molecular formula is C12H8Cl2O3S. The van der Waals surface area contributed by atoms with Crippen molar-refractivity contribution in [1.29, 1.82) is 0 Å². The second kappa shape index (κ2) is 4.80. The highest BCUT2D eigenvalue weighted by molar-refractivity contribution is 8.13. The Bertz CT molecular complexity index is 696. The fraction of sp³-hybridized carbons (Fsp3) is 0. The summed E-state index contributed by atoms with van der Waals surface area (Å²) >= 11 is 6.01. The Labute approximate surface area is 114 Å². The lowest BCUT2D eigenvalue weighted by Crippen LogP contribution is -1.91. The molecule has 0 saturated carbocycles. The van der Waals surface area contributed by atoms with E-state index in [1.165, 1.54) is 24.3 Å². The van der Waals surface area contributed by atoms with Crippen molar-refractivity contribution in [3.05, 3.63) is 47.5 Å². The minimum atomic E-state index is -3.81. The van der Waals surface area contributed by atoms with Gasteiger partial charge in [-0.05, 0) is 18.2 Å². The smallest absolute Gasteiger partial charge is 0.261 e. The molecule has 0 bridgehead atoms. The standard InChI is InChI=1S/C12H8Cl2O3S/c13-11-7-8(18(14,16)17)5-6-9(11)10-3-1-2-4-12(10)15/h1-7,15H. The van der Waals surface area contributed by atoms with E-state index in [-0.39, 0.29) is 15.7 Å². The van der Waals surface area contributed by atoms with Gasteiger partial charge in [0.25, 0.3) is 9.05 Å². The lowest BCUT2D eigenvalue weighted by atomic mass is 10.0. The molecule has 0 aliphatic carbocycles. The van der Waals surface area contributed by atoms with Gasteiger partial charge in [-0.25, -0.2) is 8.42 Å². The first kappa shape index (κ1) is 13.2. The molecule has 94 valence electrons. The van der Waals surface area contributed by atoms with Crippen LogP contribution >= 0.6 is 22.3 Å². The number of phenols is 1. The van der Waals surface area contributed by atoms with Gasteiger partial charge in [-0.3, -0.25) is 0 Å². The van der Waals surface area contributed by atoms with E-state index in [0.717, 1.165) is 0 Å². The average molecular weight is 303 g/mol. The van der Waals surface area contributed by atoms with Gasteiger partial charge in [0.1, 0.15) is 5.75 Å². The van der Waals surface area contributed by atoms with Crippen LogP contribution in [0.15, 0.2) is 47.4 Å². The molecule has 3 nitrogen and oxygen atoms in total. The summed E-state index contributed by atoms with van der Waals surface area (Å²) in [6.07, 6.45) is 0. The van der Waals surface area contributed by atoms with Crippen LogP contribution in [-0.2, 0) is 9.05 Å². The fourth-order valence-corrected chi connectivity index (χ4v) is 2.69. The molecule has 0 atom stereocenters. The monoisotopic (exact) mass is 302 g/mol. The molecule has 0 amide bonds. The van der Waals surface area contributed by atoms with E-state index in [0.29, 0.717) is 11.1 Å². The van der Waals surface area contributed by atoms with E-state index < -0.39 is 9.05 Å². The lowest BCUT2D eigenvalue weighted by Gasteiger charge is -2.07. The maximum absolute atomic E-state index is 11.2. The van der Waals surface area contributed by atoms with Gasteiger partial charge in [0.15, 0.2) is 0 Å². The second-order valence-electron chi connectivity index (χ2n) is 3.60. The summed E-state index contributed by atoms with van der Waals surface area (Å²) in [6.45, 7) is 0. The number of phenolic OH excluding ortho intramolecular Hbond substituents is 1. The van der Waals surface area contributed by atoms with Crippen LogP contribution in [-0.4, -0.2) is 13.5 Å². The molecule has 0 spiro atoms. The summed E-state index contributed by atoms with van der Waals surface area (Å²) in [5.74, 6) is 0.0703. The summed E-state index contributed by atoms with van der Waals surface area (Å²) in [4.78, 5) is -0.0756. The van der Waals surface area contributed by atoms with Crippen molar-refractivity contribution < 1.29 is 13.5 Å². The highest BCUT2D eigenvalue weighted by atomic mass is 35.7. The highest BCUT2D eigenvalue weighted by Gasteiger charge is 2.14. The number of aromatic hydroxyl groups is 1. The molecule has 2 rings (SSSR count). The van der Waals surface area contributed by atoms with E-state index in [1.54, 1.807) is 18.2 Å². The van der Waals surface area contributed by atoms with Gasteiger partial charge in [0, 0.05) is 26.8 Å². The van der Waals surface area contributed by atoms with Crippen LogP contribution in [0.25, 0.3) is 11.1 Å². The molecule has 0 aliphatic heterocycles. The van der Waals surface area contributed by atoms with Crippen LogP contribution in [0.3, 0.4) is 0 Å². The van der Waals surface area contributed by atoms with E-state index in [2.05, 4.69) is 0 Å². The predicted octanol–water partition coefficient (Wildman–Crippen LogP) is 3.64. The number of hydrogen-bond acceptors (Lipinski definition) is 3. The Balaban J connectivity index is 2.59. The van der Waals surface area contributed by atoms with Crippen molar-refractivity contribution in [2.45, 2.75) is 4.90 Å². The zero-order chi connectivity index (χ0) is 13.3. The van der Waals surface area contributed by atoms with E-state index in [9.17, 15) is 13.5 Å². The van der Waals surface area contributed by atoms with Crippen molar-refractivity contribution in [2.24, 2.45) is 0 Å². The van der Waals surface area contributed by atoms with Gasteiger partial charge in [-0.1, -0.05) is 35.9 Å². The second-order valence-corrected chi connectivity index (χ2v) is 6.57. The first-order valence-electron chi connectivity index (χ1n) is 4.92. The van der Waals surface area contributed by atoms with Crippen molar-refractivity contribution in [2.75, 3.05) is 0 Å². The van der Waals surface area contributed by atoms with Crippen LogP contribution in [0.2, 0.25) is 5.02 Å². The van der Waals surface area contributed by atoms with Crippen LogP contribution < -0.4 is 0 Å². The summed E-state index contributed by atoms with van der Waals surface area (Å²) in [7, 11) is 1.42. The number of para-hydroxylation sites is 1. The Kier molecular flexibility index (Phi) is 3.52. The Morgan fingerprint density at radius 1 is 1.00 bits per heavy atom. The van der Waals surface area contributed by atoms with Gasteiger partial charge >= 0.3 is 0 Å². The molecule has 0 fully saturated rings. The summed E-state index contributed by atoms with van der Waals surface area (Å²) < 4.78 is 22.3. The fourth-order valence-electron chi connectivity index (χ4n) is 1.57. The van der Waals surface area contributed by atoms with Crippen molar-refractivity contribution in [1.82, 2.24) is 0 Å². The van der Waals surface area contributed by atoms with Gasteiger partial charge in [0.2, 0.25) is 0 Å². The third kappa shape index (κ3) is 2.61. The van der Waals surface area contributed by atoms with Gasteiger partial charge < -0.3 is 5.11 Å². The molecule has 1 N–H and O–H groups in total. The first-order valence-corrected chi connectivity index (χ1v) is 7.61. The van der Waals surface area contributed by atoms with Crippen LogP contribution in [0, 0.1) is 0 Å². The molecule has 0 heterocycles. The maximum Gasteiger partial charge on any atom is 0.261 e. The SMILES string of the molecule is O=S(=O)(Cl)c1ccc(-c2ccccc2O)c(Cl)c1. The number of halogens is 2. The quantitative estimate of drug-likeness (QED) is 0.862. The minimum absolute atomic E-state index is 0.0703. The molecule has 0 aliphatic rings. The molecule has 2 aromatic carbocycles. The van der Waals surface area contributed by atoms with Crippen molar-refractivity contribution >= 4 is 31.3 Å². The minimum Gasteiger partial charge on any atom is -0.507 e. The molecule has 18 heavy (non-hydrogen) atoms. The highest BCUT2D eigenvalue weighted by Crippen LogP contribution is 2.35. The molecule has 0 radical (unpaired) electrons. The van der Waals surface area contributed by atoms with Gasteiger partial charge in [-0.15, -0.1) is 0 Å². The molecule has 0 saturated heterocycles. The first-order chi connectivity index (χ1) is 8.39. The van der Waals surface area contributed by atoms with Gasteiger partial charge in [-0.2, -0.15) is 0 Å². The van der Waals surface area contributed by atoms with Crippen molar-refractivity contribution in [3.63, 3.8) is 0 Å². The maximum atomic E-state index is 11.2. The van der Waals surface area contributed by atoms with Gasteiger partial charge in [0.05, 0.1) is 4.90 Å². The normalized spacial score (nSPS) is 11.4. The molecular weight excluding hydrogens is 295 g/mol. The summed E-state index contributed by atoms with van der Waals surface area (Å²) in [5.41, 5.74) is 1.07. The summed E-state index contributed by atoms with van der Waals surface area (Å²) in [5, 5.41) is 9.92. The molecule has 0 unspecified atom stereocenters. The number of hydrogen-bond donors (Lipinski definition) is 1. The largest absolute Gasteiger partial charge is 0.507 e. The average Bonchev–Trinajstić information content (AvgIpc) is 2.29. The number of rotatable bonds is 2. The van der Waals surface area contributed by atoms with E-state index in [1.807, 2.05) is 0 Å². The zero-order valence-electron chi connectivity index (χ0n) is 8.97. The third-order valence-corrected chi connectivity index (χ3v) is 4.08. The van der Waals surface area contributed by atoms with E-state index >= 15 is 0 Å². The molecule has 2 aromatic rings.